The third-order valence-corrected chi connectivity index (χ3v) is 5.33. The first-order valence-electron chi connectivity index (χ1n) is 9.86. The Kier molecular flexibility index (Phi) is 7.51. The number of benzene rings is 2. The lowest BCUT2D eigenvalue weighted by atomic mass is 9.87. The molecule has 3 rings (SSSR count). The molecule has 0 atom stereocenters. The molecule has 5 nitrogen and oxygen atoms in total. The summed E-state index contributed by atoms with van der Waals surface area (Å²) in [5.41, 5.74) is 2.26. The van der Waals surface area contributed by atoms with Crippen molar-refractivity contribution < 1.29 is 13.9 Å². The molecular formula is C24H25BrN2O3S. The fraction of sp³-hybridized carbons (Fsp3) is 0.250. The van der Waals surface area contributed by atoms with E-state index in [2.05, 4.69) is 47.3 Å². The van der Waals surface area contributed by atoms with E-state index in [1.165, 1.54) is 5.56 Å². The van der Waals surface area contributed by atoms with Crippen molar-refractivity contribution in [2.75, 3.05) is 6.61 Å². The molecule has 162 valence electrons. The Morgan fingerprint density at radius 3 is 2.35 bits per heavy atom. The van der Waals surface area contributed by atoms with E-state index < -0.39 is 0 Å². The Bertz CT molecular complexity index is 1040. The van der Waals surface area contributed by atoms with Gasteiger partial charge in [-0.15, -0.1) is 0 Å². The number of ether oxygens (including phenoxy) is 1. The zero-order valence-corrected chi connectivity index (χ0v) is 20.1. The number of furan rings is 1. The second kappa shape index (κ2) is 10.1. The molecule has 0 aliphatic rings. The zero-order chi connectivity index (χ0) is 22.4. The van der Waals surface area contributed by atoms with E-state index in [0.29, 0.717) is 18.1 Å². The van der Waals surface area contributed by atoms with Gasteiger partial charge < -0.3 is 19.8 Å². The minimum Gasteiger partial charge on any atom is -0.484 e. The molecule has 0 saturated heterocycles. The molecule has 31 heavy (non-hydrogen) atoms. The maximum absolute atomic E-state index is 12.1. The first kappa shape index (κ1) is 23.0. The molecule has 0 aliphatic heterocycles. The number of amides is 1. The topological polar surface area (TPSA) is 63.5 Å². The predicted molar refractivity (Wildman–Crippen MR) is 130 cm³/mol. The van der Waals surface area contributed by atoms with Crippen LogP contribution in [-0.2, 0) is 16.8 Å². The Labute approximate surface area is 196 Å². The molecule has 1 amide bonds. The molecule has 2 aromatic carbocycles. The highest BCUT2D eigenvalue weighted by Crippen LogP contribution is 2.25. The zero-order valence-electron chi connectivity index (χ0n) is 17.7. The Morgan fingerprint density at radius 1 is 1.03 bits per heavy atom. The van der Waals surface area contributed by atoms with E-state index in [0.717, 1.165) is 15.8 Å². The van der Waals surface area contributed by atoms with Gasteiger partial charge >= 0.3 is 0 Å². The summed E-state index contributed by atoms with van der Waals surface area (Å²) in [5.74, 6) is 1.79. The summed E-state index contributed by atoms with van der Waals surface area (Å²) < 4.78 is 12.4. The van der Waals surface area contributed by atoms with E-state index in [9.17, 15) is 4.79 Å². The molecule has 1 aromatic heterocycles. The van der Waals surface area contributed by atoms with Crippen molar-refractivity contribution in [1.82, 2.24) is 10.6 Å². The SMILES string of the molecule is CC(C)(C)c1ccc(OCC(=O)NC(=S)NCc2ccc(-c3ccc(Br)cc3)o2)cc1. The van der Waals surface area contributed by atoms with Gasteiger partial charge in [0.1, 0.15) is 17.3 Å². The van der Waals surface area contributed by atoms with Gasteiger partial charge in [0, 0.05) is 10.0 Å². The van der Waals surface area contributed by atoms with E-state index in [1.54, 1.807) is 0 Å². The largest absolute Gasteiger partial charge is 0.484 e. The normalized spacial score (nSPS) is 11.1. The third-order valence-electron chi connectivity index (χ3n) is 4.56. The van der Waals surface area contributed by atoms with Gasteiger partial charge in [-0.2, -0.15) is 0 Å². The average Bonchev–Trinajstić information content (AvgIpc) is 3.20. The van der Waals surface area contributed by atoms with Crippen molar-refractivity contribution >= 4 is 39.2 Å². The van der Waals surface area contributed by atoms with Crippen LogP contribution in [0.2, 0.25) is 0 Å². The Balaban J connectivity index is 1.42. The molecule has 0 spiro atoms. The molecule has 0 bridgehead atoms. The predicted octanol–water partition coefficient (Wildman–Crippen LogP) is 5.58. The van der Waals surface area contributed by atoms with Crippen LogP contribution in [0.5, 0.6) is 5.75 Å². The minimum absolute atomic E-state index is 0.0702. The number of halogens is 1. The fourth-order valence-electron chi connectivity index (χ4n) is 2.82. The van der Waals surface area contributed by atoms with Gasteiger partial charge in [0.25, 0.3) is 5.91 Å². The number of nitrogens with one attached hydrogen (secondary N) is 2. The number of hydrogen-bond acceptors (Lipinski definition) is 4. The van der Waals surface area contributed by atoms with Gasteiger partial charge in [0.2, 0.25) is 0 Å². The van der Waals surface area contributed by atoms with Gasteiger partial charge in [-0.3, -0.25) is 4.79 Å². The first-order valence-corrected chi connectivity index (χ1v) is 11.1. The molecule has 7 heteroatoms. The number of carbonyl (C=O) groups excluding carboxylic acids is 1. The van der Waals surface area contributed by atoms with Crippen molar-refractivity contribution in [3.05, 3.63) is 76.5 Å². The van der Waals surface area contributed by atoms with Crippen LogP contribution < -0.4 is 15.4 Å². The first-order chi connectivity index (χ1) is 14.7. The highest BCUT2D eigenvalue weighted by molar-refractivity contribution is 9.10. The quantitative estimate of drug-likeness (QED) is 0.432. The smallest absolute Gasteiger partial charge is 0.264 e. The average molecular weight is 501 g/mol. The van der Waals surface area contributed by atoms with Gasteiger partial charge in [-0.1, -0.05) is 61.0 Å². The van der Waals surface area contributed by atoms with Crippen molar-refractivity contribution in [2.45, 2.75) is 32.7 Å². The van der Waals surface area contributed by atoms with Crippen molar-refractivity contribution in [3.8, 4) is 17.1 Å². The van der Waals surface area contributed by atoms with Gasteiger partial charge in [0.15, 0.2) is 11.7 Å². The number of rotatable bonds is 6. The maximum Gasteiger partial charge on any atom is 0.264 e. The number of thiocarbonyl (C=S) groups is 1. The van der Waals surface area contributed by atoms with Gasteiger partial charge in [-0.25, -0.2) is 0 Å². The van der Waals surface area contributed by atoms with Crippen LogP contribution in [-0.4, -0.2) is 17.6 Å². The number of hydrogen-bond donors (Lipinski definition) is 2. The summed E-state index contributed by atoms with van der Waals surface area (Å²) in [6.07, 6.45) is 0. The Morgan fingerprint density at radius 2 is 1.71 bits per heavy atom. The van der Waals surface area contributed by atoms with Crippen LogP contribution in [0, 0.1) is 0 Å². The van der Waals surface area contributed by atoms with Crippen molar-refractivity contribution in [2.24, 2.45) is 0 Å². The second-order valence-electron chi connectivity index (χ2n) is 8.07. The van der Waals surface area contributed by atoms with Crippen LogP contribution in [0.3, 0.4) is 0 Å². The minimum atomic E-state index is -0.326. The molecule has 2 N–H and O–H groups in total. The second-order valence-corrected chi connectivity index (χ2v) is 9.39. The van der Waals surface area contributed by atoms with Crippen LogP contribution in [0.4, 0.5) is 0 Å². The van der Waals surface area contributed by atoms with Crippen LogP contribution >= 0.6 is 28.1 Å². The molecule has 1 heterocycles. The summed E-state index contributed by atoms with van der Waals surface area (Å²) in [6, 6.07) is 19.4. The number of carbonyl (C=O) groups is 1. The van der Waals surface area contributed by atoms with Crippen LogP contribution in [0.15, 0.2) is 69.6 Å². The van der Waals surface area contributed by atoms with Crippen LogP contribution in [0.1, 0.15) is 32.1 Å². The summed E-state index contributed by atoms with van der Waals surface area (Å²) in [6.45, 7) is 6.69. The van der Waals surface area contributed by atoms with Gasteiger partial charge in [0.05, 0.1) is 6.54 Å². The molecule has 0 aliphatic carbocycles. The molecule has 0 saturated carbocycles. The fourth-order valence-corrected chi connectivity index (χ4v) is 3.27. The third kappa shape index (κ3) is 6.94. The lowest BCUT2D eigenvalue weighted by Gasteiger charge is -2.19. The standard InChI is InChI=1S/C24H25BrN2O3S/c1-24(2,3)17-6-10-19(11-7-17)29-15-22(28)27-23(31)26-14-20-12-13-21(30-20)16-4-8-18(25)9-5-16/h4-13H,14-15H2,1-3H3,(H2,26,27,28,31). The van der Waals surface area contributed by atoms with E-state index in [-0.39, 0.29) is 23.0 Å². The maximum atomic E-state index is 12.1. The monoisotopic (exact) mass is 500 g/mol. The van der Waals surface area contributed by atoms with Crippen molar-refractivity contribution in [1.29, 1.82) is 0 Å². The van der Waals surface area contributed by atoms with E-state index in [4.69, 9.17) is 21.4 Å². The lowest BCUT2D eigenvalue weighted by Crippen LogP contribution is -2.41. The summed E-state index contributed by atoms with van der Waals surface area (Å²) in [5, 5.41) is 5.80. The highest BCUT2D eigenvalue weighted by atomic mass is 79.9. The Hall–Kier alpha value is -2.64. The molecule has 3 aromatic rings. The molecule has 0 unspecified atom stereocenters. The van der Waals surface area contributed by atoms with Crippen molar-refractivity contribution in [3.63, 3.8) is 0 Å². The van der Waals surface area contributed by atoms with Crippen LogP contribution in [0.25, 0.3) is 11.3 Å². The highest BCUT2D eigenvalue weighted by Gasteiger charge is 2.13. The summed E-state index contributed by atoms with van der Waals surface area (Å²) in [4.78, 5) is 12.1. The van der Waals surface area contributed by atoms with E-state index in [1.807, 2.05) is 60.7 Å². The lowest BCUT2D eigenvalue weighted by molar-refractivity contribution is -0.121. The summed E-state index contributed by atoms with van der Waals surface area (Å²) in [7, 11) is 0. The van der Waals surface area contributed by atoms with E-state index >= 15 is 0 Å². The molecular weight excluding hydrogens is 476 g/mol. The summed E-state index contributed by atoms with van der Waals surface area (Å²) >= 11 is 8.61. The molecule has 0 radical (unpaired) electrons. The molecule has 0 fully saturated rings. The van der Waals surface area contributed by atoms with Gasteiger partial charge in [-0.05, 0) is 59.6 Å².